The molecule has 0 aliphatic heterocycles. The van der Waals surface area contributed by atoms with Gasteiger partial charge in [-0.3, -0.25) is 14.4 Å². The first kappa shape index (κ1) is 31.3. The van der Waals surface area contributed by atoms with Gasteiger partial charge in [0.1, 0.15) is 12.2 Å². The molecule has 0 aromatic heterocycles. The topological polar surface area (TPSA) is 78.9 Å². The number of carbonyl (C=O) groups is 3. The molecule has 9 atom stereocenters. The van der Waals surface area contributed by atoms with E-state index in [0.717, 1.165) is 44.9 Å². The van der Waals surface area contributed by atoms with Crippen molar-refractivity contribution >= 4 is 17.9 Å². The average Bonchev–Trinajstić information content (AvgIpc) is 2.86. The van der Waals surface area contributed by atoms with Gasteiger partial charge in [-0.15, -0.1) is 0 Å². The summed E-state index contributed by atoms with van der Waals surface area (Å²) in [6.07, 6.45) is 12.4. The maximum Gasteiger partial charge on any atom is 0.302 e. The fraction of sp³-hybridized carbons (Fsp3) is 0.806. The molecule has 0 spiro atoms. The lowest BCUT2D eigenvalue weighted by Gasteiger charge is -2.69. The van der Waals surface area contributed by atoms with Gasteiger partial charge in [0.25, 0.3) is 0 Å². The maximum atomic E-state index is 12.3. The minimum Gasteiger partial charge on any atom is -0.465 e. The molecule has 0 N–H and O–H groups in total. The van der Waals surface area contributed by atoms with Crippen LogP contribution in [0.3, 0.4) is 0 Å². The van der Waals surface area contributed by atoms with Crippen LogP contribution in [0.15, 0.2) is 23.3 Å². The molecule has 42 heavy (non-hydrogen) atoms. The third-order valence-electron chi connectivity index (χ3n) is 13.5. The molecule has 5 aliphatic rings. The zero-order valence-corrected chi connectivity index (χ0v) is 27.8. The molecule has 0 saturated heterocycles. The fourth-order valence-electron chi connectivity index (χ4n) is 11.0. The second-order valence-corrected chi connectivity index (χ2v) is 16.5. The number of esters is 3. The van der Waals surface area contributed by atoms with Crippen molar-refractivity contribution in [1.29, 1.82) is 0 Å². The lowest BCUT2D eigenvalue weighted by Crippen LogP contribution is -2.63. The summed E-state index contributed by atoms with van der Waals surface area (Å²) in [7, 11) is 0. The summed E-state index contributed by atoms with van der Waals surface area (Å²) in [5.41, 5.74) is 2.35. The summed E-state index contributed by atoms with van der Waals surface area (Å²) in [4.78, 5) is 36.1. The number of hydrogen-bond acceptors (Lipinski definition) is 6. The van der Waals surface area contributed by atoms with Gasteiger partial charge >= 0.3 is 17.9 Å². The van der Waals surface area contributed by atoms with E-state index in [2.05, 4.69) is 60.6 Å². The summed E-state index contributed by atoms with van der Waals surface area (Å²) in [6, 6.07) is 0. The van der Waals surface area contributed by atoms with E-state index < -0.39 is 0 Å². The van der Waals surface area contributed by atoms with Crippen molar-refractivity contribution in [3.8, 4) is 0 Å². The number of ether oxygens (including phenoxy) is 3. The van der Waals surface area contributed by atoms with E-state index in [1.807, 2.05) is 0 Å². The molecule has 0 bridgehead atoms. The Kier molecular flexibility index (Phi) is 7.42. The molecule has 0 aromatic carbocycles. The zero-order valence-electron chi connectivity index (χ0n) is 27.8. The molecule has 0 aromatic rings. The summed E-state index contributed by atoms with van der Waals surface area (Å²) in [5.74, 6) is 0.182. The van der Waals surface area contributed by atoms with E-state index in [-0.39, 0.29) is 62.6 Å². The Labute approximate surface area is 253 Å². The molecule has 0 radical (unpaired) electrons. The van der Waals surface area contributed by atoms with Gasteiger partial charge in [-0.1, -0.05) is 66.2 Å². The highest BCUT2D eigenvalue weighted by Gasteiger charge is 2.67. The second-order valence-electron chi connectivity index (χ2n) is 16.5. The third-order valence-corrected chi connectivity index (χ3v) is 13.5. The normalized spacial score (nSPS) is 45.5. The van der Waals surface area contributed by atoms with Gasteiger partial charge in [0.2, 0.25) is 0 Å². The number of hydrogen-bond donors (Lipinski definition) is 0. The molecule has 5 rings (SSSR count). The van der Waals surface area contributed by atoms with E-state index in [0.29, 0.717) is 24.9 Å². The number of rotatable bonds is 4. The molecular formula is C36H54O6. The Balaban J connectivity index is 1.60. The number of fused-ring (bicyclic) bond motifs is 6. The van der Waals surface area contributed by atoms with Crippen molar-refractivity contribution in [1.82, 2.24) is 0 Å². The first-order valence-electron chi connectivity index (χ1n) is 16.2. The van der Waals surface area contributed by atoms with Crippen LogP contribution in [-0.4, -0.2) is 36.7 Å². The van der Waals surface area contributed by atoms with Crippen molar-refractivity contribution in [2.45, 2.75) is 133 Å². The van der Waals surface area contributed by atoms with E-state index in [1.165, 1.54) is 31.9 Å². The van der Waals surface area contributed by atoms with Crippen LogP contribution in [0.2, 0.25) is 0 Å². The Morgan fingerprint density at radius 2 is 1.45 bits per heavy atom. The Morgan fingerprint density at radius 1 is 0.810 bits per heavy atom. The lowest BCUT2D eigenvalue weighted by atomic mass is 9.35. The van der Waals surface area contributed by atoms with E-state index >= 15 is 0 Å². The smallest absolute Gasteiger partial charge is 0.302 e. The van der Waals surface area contributed by atoms with Gasteiger partial charge in [0, 0.05) is 37.0 Å². The number of carbonyl (C=O) groups excluding carboxylic acids is 3. The molecule has 6 nitrogen and oxygen atoms in total. The molecular weight excluding hydrogens is 528 g/mol. The van der Waals surface area contributed by atoms with Gasteiger partial charge in [0.05, 0.1) is 6.61 Å². The monoisotopic (exact) mass is 582 g/mol. The van der Waals surface area contributed by atoms with Crippen LogP contribution in [0.4, 0.5) is 0 Å². The summed E-state index contributed by atoms with van der Waals surface area (Å²) in [5, 5.41) is 0. The SMILES string of the molecule is CC(=O)OC[C@]1(C)CC2=C3C=C[C@@H]4[C@@]5(C)CC[C@H](OC(C)=O)C(C)(C)[C@@H]5CC[C@@]4(C)[C@]3(C)CC[C@@]2(C)[C@H](OC(C)=O)C1. The summed E-state index contributed by atoms with van der Waals surface area (Å²) < 4.78 is 17.6. The lowest BCUT2D eigenvalue weighted by molar-refractivity contribution is -0.198. The standard InChI is InChI=1S/C36H54O6/c1-22(37)40-21-32(6)19-26-25-11-12-28-34(8)15-14-29(41-23(2)38)31(4,5)27(34)13-16-36(28,10)35(25,9)18-17-33(26,7)30(20-32)42-24(3)39/h11-12,27-30H,13-21H2,1-10H3/t27-,28+,29-,30+,32+,33+,34-,35+,36+/m0/s1. The van der Waals surface area contributed by atoms with Gasteiger partial charge in [-0.2, -0.15) is 0 Å². The van der Waals surface area contributed by atoms with Crippen LogP contribution in [-0.2, 0) is 28.6 Å². The van der Waals surface area contributed by atoms with E-state index in [1.54, 1.807) is 0 Å². The maximum absolute atomic E-state index is 12.3. The Hall–Kier alpha value is -2.11. The Morgan fingerprint density at radius 3 is 2.07 bits per heavy atom. The Bertz CT molecular complexity index is 1230. The van der Waals surface area contributed by atoms with Crippen molar-refractivity contribution in [2.75, 3.05) is 6.61 Å². The highest BCUT2D eigenvalue weighted by atomic mass is 16.6. The van der Waals surface area contributed by atoms with Gasteiger partial charge in [0.15, 0.2) is 0 Å². The molecule has 0 unspecified atom stereocenters. The van der Waals surface area contributed by atoms with Crippen LogP contribution in [0.25, 0.3) is 0 Å². The minimum absolute atomic E-state index is 0.0213. The van der Waals surface area contributed by atoms with Crippen LogP contribution in [0.5, 0.6) is 0 Å². The fourth-order valence-corrected chi connectivity index (χ4v) is 11.0. The summed E-state index contributed by atoms with van der Waals surface area (Å²) >= 11 is 0. The highest BCUT2D eigenvalue weighted by molar-refractivity contribution is 5.67. The van der Waals surface area contributed by atoms with E-state index in [9.17, 15) is 14.4 Å². The van der Waals surface area contributed by atoms with Crippen LogP contribution < -0.4 is 0 Å². The second kappa shape index (κ2) is 9.95. The van der Waals surface area contributed by atoms with Crippen molar-refractivity contribution in [3.05, 3.63) is 23.3 Å². The predicted molar refractivity (Wildman–Crippen MR) is 162 cm³/mol. The van der Waals surface area contributed by atoms with E-state index in [4.69, 9.17) is 14.2 Å². The molecule has 5 aliphatic carbocycles. The third kappa shape index (κ3) is 4.51. The van der Waals surface area contributed by atoms with Crippen molar-refractivity contribution < 1.29 is 28.6 Å². The quantitative estimate of drug-likeness (QED) is 0.249. The molecule has 3 saturated carbocycles. The van der Waals surface area contributed by atoms with Crippen LogP contribution in [0.1, 0.15) is 121 Å². The van der Waals surface area contributed by atoms with Crippen molar-refractivity contribution in [2.24, 2.45) is 44.3 Å². The van der Waals surface area contributed by atoms with Crippen molar-refractivity contribution in [3.63, 3.8) is 0 Å². The zero-order chi connectivity index (χ0) is 31.1. The molecule has 234 valence electrons. The minimum atomic E-state index is -0.305. The van der Waals surface area contributed by atoms with Crippen LogP contribution >= 0.6 is 0 Å². The predicted octanol–water partition coefficient (Wildman–Crippen LogP) is 7.74. The highest BCUT2D eigenvalue weighted by Crippen LogP contribution is 2.74. The van der Waals surface area contributed by atoms with Crippen LogP contribution in [0, 0.1) is 44.3 Å². The van der Waals surface area contributed by atoms with Gasteiger partial charge < -0.3 is 14.2 Å². The molecule has 3 fully saturated rings. The molecule has 6 heteroatoms. The first-order chi connectivity index (χ1) is 19.3. The van der Waals surface area contributed by atoms with Gasteiger partial charge in [-0.25, -0.2) is 0 Å². The molecule has 0 amide bonds. The average molecular weight is 583 g/mol. The summed E-state index contributed by atoms with van der Waals surface area (Å²) in [6.45, 7) is 21.5. The first-order valence-corrected chi connectivity index (χ1v) is 16.2. The number of allylic oxidation sites excluding steroid dienone is 3. The largest absolute Gasteiger partial charge is 0.465 e. The van der Waals surface area contributed by atoms with Gasteiger partial charge in [-0.05, 0) is 85.0 Å². The molecule has 0 heterocycles.